The Balaban J connectivity index is 4.26. The fourth-order valence-corrected chi connectivity index (χ4v) is 32.8. The van der Waals surface area contributed by atoms with Crippen molar-refractivity contribution in [2.24, 2.45) is 0 Å². The van der Waals surface area contributed by atoms with Crippen LogP contribution in [0.1, 0.15) is 0 Å². The van der Waals surface area contributed by atoms with Gasteiger partial charge in [-0.25, -0.2) is 0 Å². The van der Waals surface area contributed by atoms with Crippen LogP contribution in [0.15, 0.2) is 0 Å². The fourth-order valence-electron chi connectivity index (χ4n) is 2.89. The topological polar surface area (TPSA) is 138 Å². The first kappa shape index (κ1) is 41.4. The molecular formula is C18H54O15Si9. The molecule has 0 unspecified atom stereocenters. The monoisotopic (exact) mass is 762 g/mol. The summed E-state index contributed by atoms with van der Waals surface area (Å²) in [6, 6.07) is 0. The zero-order valence-corrected chi connectivity index (χ0v) is 37.6. The highest BCUT2D eigenvalue weighted by molar-refractivity contribution is 6.96. The summed E-state index contributed by atoms with van der Waals surface area (Å²) in [7, 11) is -22.2. The summed E-state index contributed by atoms with van der Waals surface area (Å²) in [6.45, 7) is 21.9. The average molecular weight is 763 g/mol. The van der Waals surface area contributed by atoms with Gasteiger partial charge in [0.2, 0.25) is 0 Å². The molecule has 0 radical (unpaired) electrons. The first-order valence-electron chi connectivity index (χ1n) is 13.3. The van der Waals surface area contributed by atoms with Crippen molar-refractivity contribution < 1.29 is 63.6 Å². The molecule has 0 aromatic heterocycles. The lowest BCUT2D eigenvalue weighted by Crippen LogP contribution is -2.82. The molecule has 24 heteroatoms. The Bertz CT molecular complexity index is 702. The molecule has 1 rings (SSSR count). The van der Waals surface area contributed by atoms with E-state index in [9.17, 15) is 0 Å². The Labute approximate surface area is 262 Å². The van der Waals surface area contributed by atoms with Crippen LogP contribution in [0.25, 0.3) is 0 Å². The zero-order valence-electron chi connectivity index (χ0n) is 28.6. The molecule has 0 saturated carbocycles. The van der Waals surface area contributed by atoms with Crippen molar-refractivity contribution in [3.63, 3.8) is 0 Å². The van der Waals surface area contributed by atoms with E-state index >= 15 is 0 Å². The maximum Gasteiger partial charge on any atom is 0.649 e. The molecule has 42 heavy (non-hydrogen) atoms. The molecule has 0 bridgehead atoms. The van der Waals surface area contributed by atoms with Gasteiger partial charge in [0.05, 0.1) is 0 Å². The Morgan fingerprint density at radius 1 is 0.286 bits per heavy atom. The first-order chi connectivity index (χ1) is 18.7. The van der Waals surface area contributed by atoms with Gasteiger partial charge in [0.1, 0.15) is 0 Å². The molecule has 1 fully saturated rings. The minimum Gasteiger partial charge on any atom is -0.398 e. The van der Waals surface area contributed by atoms with Crippen LogP contribution in [0.5, 0.6) is 0 Å². The van der Waals surface area contributed by atoms with Gasteiger partial charge in [0.15, 0.2) is 0 Å². The summed E-state index contributed by atoms with van der Waals surface area (Å²) in [5.41, 5.74) is 0. The van der Waals surface area contributed by atoms with Gasteiger partial charge in [-0.3, -0.25) is 0 Å². The summed E-state index contributed by atoms with van der Waals surface area (Å²) in [6.07, 6.45) is 0. The average Bonchev–Trinajstić information content (AvgIpc) is 2.81. The Kier molecular flexibility index (Phi) is 14.4. The third-order valence-electron chi connectivity index (χ3n) is 5.92. The maximum absolute atomic E-state index is 6.75. The molecule has 0 atom stereocenters. The minimum absolute atomic E-state index is 1.55. The van der Waals surface area contributed by atoms with E-state index in [2.05, 4.69) is 0 Å². The molecule has 0 spiro atoms. The molecule has 252 valence electrons. The van der Waals surface area contributed by atoms with E-state index < -0.39 is 78.5 Å². The summed E-state index contributed by atoms with van der Waals surface area (Å²) in [5.74, 6) is 0. The fraction of sp³-hybridized carbons (Fsp3) is 1.00. The Morgan fingerprint density at radius 3 is 0.500 bits per heavy atom. The highest BCUT2D eigenvalue weighted by Crippen LogP contribution is 2.42. The summed E-state index contributed by atoms with van der Waals surface area (Å²) in [5, 5.41) is 0. The van der Waals surface area contributed by atoms with Crippen LogP contribution >= 0.6 is 0 Å². The van der Waals surface area contributed by atoms with Gasteiger partial charge in [0.25, 0.3) is 0 Å². The largest absolute Gasteiger partial charge is 0.649 e. The highest BCUT2D eigenvalue weighted by atomic mass is 28.6. The molecule has 0 amide bonds. The molecule has 1 saturated heterocycles. The lowest BCUT2D eigenvalue weighted by molar-refractivity contribution is -0.0466. The van der Waals surface area contributed by atoms with Crippen molar-refractivity contribution >= 4 is 78.5 Å². The molecule has 0 aromatic rings. The number of rotatable bonds is 18. The highest BCUT2D eigenvalue weighted by Gasteiger charge is 2.79. The van der Waals surface area contributed by atoms with Crippen molar-refractivity contribution in [1.82, 2.24) is 0 Å². The summed E-state index contributed by atoms with van der Waals surface area (Å²) in [4.78, 5) is 0. The lowest BCUT2D eigenvalue weighted by atomic mass is 11.8. The van der Waals surface area contributed by atoms with Gasteiger partial charge in [-0.2, -0.15) is 0 Å². The van der Waals surface area contributed by atoms with Gasteiger partial charge < -0.3 is 63.6 Å². The third-order valence-corrected chi connectivity index (χ3v) is 35.6. The van der Waals surface area contributed by atoms with Crippen molar-refractivity contribution in [3.8, 4) is 0 Å². The quantitative estimate of drug-likeness (QED) is 0.188. The van der Waals surface area contributed by atoms with E-state index in [0.717, 1.165) is 0 Å². The van der Waals surface area contributed by atoms with Crippen molar-refractivity contribution in [3.05, 3.63) is 0 Å². The van der Waals surface area contributed by atoms with E-state index in [0.29, 0.717) is 0 Å². The van der Waals surface area contributed by atoms with Crippen LogP contribution in [0.3, 0.4) is 0 Å². The molecule has 0 aromatic carbocycles. The molecule has 1 heterocycles. The minimum atomic E-state index is -4.48. The third kappa shape index (κ3) is 12.5. The van der Waals surface area contributed by atoms with Gasteiger partial charge in [-0.1, -0.05) is 0 Å². The summed E-state index contributed by atoms with van der Waals surface area (Å²) < 4.78 is 95.0. The van der Waals surface area contributed by atoms with E-state index in [1.54, 1.807) is 42.7 Å². The van der Waals surface area contributed by atoms with Crippen LogP contribution in [-0.2, 0) is 63.6 Å². The number of hydrogen-bond donors (Lipinski definition) is 0. The van der Waals surface area contributed by atoms with E-state index in [-0.39, 0.29) is 0 Å². The Morgan fingerprint density at radius 2 is 0.405 bits per heavy atom. The van der Waals surface area contributed by atoms with Crippen molar-refractivity contribution in [1.29, 1.82) is 0 Å². The van der Waals surface area contributed by atoms with Gasteiger partial charge in [0, 0.05) is 42.7 Å². The van der Waals surface area contributed by atoms with E-state index in [4.69, 9.17) is 63.6 Å². The first-order valence-corrected chi connectivity index (χ1v) is 35.1. The molecule has 0 aliphatic carbocycles. The number of hydrogen-bond acceptors (Lipinski definition) is 15. The smallest absolute Gasteiger partial charge is 0.398 e. The van der Waals surface area contributed by atoms with Gasteiger partial charge in [-0.05, 0) is 78.6 Å². The maximum atomic E-state index is 6.75. The Hall–Kier alpha value is 1.35. The molecule has 1 aliphatic heterocycles. The predicted octanol–water partition coefficient (Wildman–Crippen LogP) is 3.55. The lowest BCUT2D eigenvalue weighted by Gasteiger charge is -2.52. The van der Waals surface area contributed by atoms with E-state index in [1.807, 2.05) is 78.6 Å². The molecule has 15 nitrogen and oxygen atoms in total. The predicted molar refractivity (Wildman–Crippen MR) is 174 cm³/mol. The van der Waals surface area contributed by atoms with Gasteiger partial charge in [-0.15, -0.1) is 0 Å². The second kappa shape index (κ2) is 14.6. The van der Waals surface area contributed by atoms with E-state index in [1.165, 1.54) is 0 Å². The van der Waals surface area contributed by atoms with Crippen LogP contribution in [0.4, 0.5) is 0 Å². The van der Waals surface area contributed by atoms with Gasteiger partial charge >= 0.3 is 78.5 Å². The molecule has 1 aliphatic rings. The summed E-state index contributed by atoms with van der Waals surface area (Å²) >= 11 is 0. The molecule has 0 N–H and O–H groups in total. The standard InChI is InChI=1S/C18H54O15Si9/c1-19-34(7,8)25-40(26-35(9,10)20-2)31-41(27-36(11,12)21-3,28-37(13,14)22-4)33-42(32-40,29-38(15,16)23-5)30-39(17,18)24-6/h1-18H3. The SMILES string of the molecule is CO[Si](C)(C)O[Si]1(O[Si](C)(C)OC)O[Si](O[Si](C)(C)OC)(O[Si](C)(C)OC)O[Si](O[Si](C)(C)OC)(O[Si](C)(C)OC)O1. The molecular weight excluding hydrogens is 709 g/mol. The normalized spacial score (nSPS) is 20.1. The van der Waals surface area contributed by atoms with Crippen LogP contribution < -0.4 is 0 Å². The second-order valence-electron chi connectivity index (χ2n) is 12.0. The van der Waals surface area contributed by atoms with Crippen molar-refractivity contribution in [2.75, 3.05) is 42.7 Å². The van der Waals surface area contributed by atoms with Crippen molar-refractivity contribution in [2.45, 2.75) is 78.6 Å². The van der Waals surface area contributed by atoms with Crippen LogP contribution in [-0.4, -0.2) is 121 Å². The zero-order chi connectivity index (χ0) is 33.1. The second-order valence-corrected chi connectivity index (χ2v) is 41.6. The van der Waals surface area contributed by atoms with Crippen LogP contribution in [0, 0.1) is 0 Å². The van der Waals surface area contributed by atoms with Crippen LogP contribution in [0.2, 0.25) is 78.6 Å².